The molecule has 1 unspecified atom stereocenters. The van der Waals surface area contributed by atoms with Crippen molar-refractivity contribution in [2.45, 2.75) is 45.3 Å². The molecular weight excluding hydrogens is 198 g/mol. The number of rotatable bonds is 4. The molecule has 1 saturated carbocycles. The Morgan fingerprint density at radius 2 is 1.88 bits per heavy atom. The van der Waals surface area contributed by atoms with E-state index >= 15 is 0 Å². The monoisotopic (exact) mass is 219 g/mol. The SMILES string of the molecule is Cc1cc(C)cc(C(N)COC2CCC2)c1. The largest absolute Gasteiger partial charge is 0.376 e. The Morgan fingerprint density at radius 3 is 2.38 bits per heavy atom. The summed E-state index contributed by atoms with van der Waals surface area (Å²) in [6.07, 6.45) is 4.19. The minimum Gasteiger partial charge on any atom is -0.376 e. The lowest BCUT2D eigenvalue weighted by molar-refractivity contribution is -0.00446. The lowest BCUT2D eigenvalue weighted by atomic mass is 9.96. The fraction of sp³-hybridized carbons (Fsp3) is 0.571. The Hall–Kier alpha value is -0.860. The Bertz CT molecular complexity index is 338. The lowest BCUT2D eigenvalue weighted by Gasteiger charge is -2.27. The van der Waals surface area contributed by atoms with Crippen LogP contribution in [0.3, 0.4) is 0 Å². The van der Waals surface area contributed by atoms with Gasteiger partial charge in [0, 0.05) is 0 Å². The van der Waals surface area contributed by atoms with Crippen LogP contribution in [0.25, 0.3) is 0 Å². The van der Waals surface area contributed by atoms with Gasteiger partial charge in [0.25, 0.3) is 0 Å². The van der Waals surface area contributed by atoms with Crippen LogP contribution >= 0.6 is 0 Å². The predicted molar refractivity (Wildman–Crippen MR) is 66.4 cm³/mol. The molecule has 1 aromatic carbocycles. The number of hydrogen-bond donors (Lipinski definition) is 1. The zero-order valence-electron chi connectivity index (χ0n) is 10.2. The molecule has 0 aliphatic heterocycles. The second kappa shape index (κ2) is 4.98. The standard InChI is InChI=1S/C14H21NO/c1-10-6-11(2)8-12(7-10)14(15)9-16-13-4-3-5-13/h6-8,13-14H,3-5,9,15H2,1-2H3. The molecule has 2 heteroatoms. The summed E-state index contributed by atoms with van der Waals surface area (Å²) in [6, 6.07) is 6.49. The van der Waals surface area contributed by atoms with E-state index in [2.05, 4.69) is 32.0 Å². The minimum absolute atomic E-state index is 0.0131. The van der Waals surface area contributed by atoms with Gasteiger partial charge >= 0.3 is 0 Å². The molecule has 0 bridgehead atoms. The van der Waals surface area contributed by atoms with E-state index in [9.17, 15) is 0 Å². The van der Waals surface area contributed by atoms with Crippen molar-refractivity contribution in [1.29, 1.82) is 0 Å². The molecule has 0 aromatic heterocycles. The van der Waals surface area contributed by atoms with E-state index in [-0.39, 0.29) is 6.04 Å². The number of aryl methyl sites for hydroxylation is 2. The second-order valence-corrected chi connectivity index (χ2v) is 4.91. The van der Waals surface area contributed by atoms with E-state index in [0.29, 0.717) is 12.7 Å². The van der Waals surface area contributed by atoms with Crippen LogP contribution in [-0.4, -0.2) is 12.7 Å². The molecule has 0 amide bonds. The molecule has 1 aliphatic carbocycles. The minimum atomic E-state index is 0.0131. The van der Waals surface area contributed by atoms with E-state index in [1.165, 1.54) is 36.0 Å². The number of nitrogens with two attached hydrogens (primary N) is 1. The lowest BCUT2D eigenvalue weighted by Crippen LogP contribution is -2.26. The van der Waals surface area contributed by atoms with Crippen molar-refractivity contribution in [2.75, 3.05) is 6.61 Å². The van der Waals surface area contributed by atoms with Crippen LogP contribution < -0.4 is 5.73 Å². The first-order chi connectivity index (χ1) is 7.65. The highest BCUT2D eigenvalue weighted by Crippen LogP contribution is 2.23. The van der Waals surface area contributed by atoms with E-state index < -0.39 is 0 Å². The van der Waals surface area contributed by atoms with Crippen molar-refractivity contribution in [3.63, 3.8) is 0 Å². The van der Waals surface area contributed by atoms with Gasteiger partial charge in [-0.05, 0) is 38.7 Å². The molecule has 1 aromatic rings. The van der Waals surface area contributed by atoms with Crippen LogP contribution in [-0.2, 0) is 4.74 Å². The molecule has 1 aliphatic rings. The van der Waals surface area contributed by atoms with Crippen LogP contribution in [0, 0.1) is 13.8 Å². The van der Waals surface area contributed by atoms with Crippen LogP contribution in [0.5, 0.6) is 0 Å². The fourth-order valence-corrected chi connectivity index (χ4v) is 2.10. The first kappa shape index (κ1) is 11.6. The zero-order chi connectivity index (χ0) is 11.5. The Morgan fingerprint density at radius 1 is 1.25 bits per heavy atom. The number of ether oxygens (including phenoxy) is 1. The van der Waals surface area contributed by atoms with Gasteiger partial charge in [0.1, 0.15) is 0 Å². The molecule has 88 valence electrons. The van der Waals surface area contributed by atoms with Gasteiger partial charge in [-0.2, -0.15) is 0 Å². The van der Waals surface area contributed by atoms with Crippen molar-refractivity contribution in [2.24, 2.45) is 5.73 Å². The summed E-state index contributed by atoms with van der Waals surface area (Å²) >= 11 is 0. The third-order valence-corrected chi connectivity index (χ3v) is 3.24. The molecule has 16 heavy (non-hydrogen) atoms. The highest BCUT2D eigenvalue weighted by molar-refractivity contribution is 5.30. The maximum absolute atomic E-state index is 6.13. The molecule has 2 N–H and O–H groups in total. The second-order valence-electron chi connectivity index (χ2n) is 4.91. The summed E-state index contributed by atoms with van der Waals surface area (Å²) in [7, 11) is 0. The van der Waals surface area contributed by atoms with Crippen molar-refractivity contribution in [3.8, 4) is 0 Å². The summed E-state index contributed by atoms with van der Waals surface area (Å²) in [5.41, 5.74) is 9.87. The predicted octanol–water partition coefficient (Wildman–Crippen LogP) is 2.87. The van der Waals surface area contributed by atoms with Gasteiger partial charge in [0.2, 0.25) is 0 Å². The molecule has 1 fully saturated rings. The van der Waals surface area contributed by atoms with Gasteiger partial charge in [-0.1, -0.05) is 29.3 Å². The summed E-state index contributed by atoms with van der Waals surface area (Å²) < 4.78 is 5.75. The highest BCUT2D eigenvalue weighted by Gasteiger charge is 2.19. The first-order valence-electron chi connectivity index (χ1n) is 6.10. The van der Waals surface area contributed by atoms with E-state index in [1.807, 2.05) is 0 Å². The molecule has 0 saturated heterocycles. The van der Waals surface area contributed by atoms with Gasteiger partial charge in [-0.15, -0.1) is 0 Å². The smallest absolute Gasteiger partial charge is 0.0663 e. The van der Waals surface area contributed by atoms with E-state index in [1.54, 1.807) is 0 Å². The zero-order valence-corrected chi connectivity index (χ0v) is 10.2. The molecule has 2 nitrogen and oxygen atoms in total. The Balaban J connectivity index is 1.93. The molecular formula is C14H21NO. The molecule has 1 atom stereocenters. The van der Waals surface area contributed by atoms with Crippen LogP contribution in [0.1, 0.15) is 42.0 Å². The maximum Gasteiger partial charge on any atom is 0.0663 e. The van der Waals surface area contributed by atoms with Gasteiger partial charge in [-0.25, -0.2) is 0 Å². The highest BCUT2D eigenvalue weighted by atomic mass is 16.5. The van der Waals surface area contributed by atoms with Gasteiger partial charge in [0.05, 0.1) is 18.8 Å². The normalized spacial score (nSPS) is 18.2. The van der Waals surface area contributed by atoms with Gasteiger partial charge < -0.3 is 10.5 Å². The van der Waals surface area contributed by atoms with E-state index in [4.69, 9.17) is 10.5 Å². The van der Waals surface area contributed by atoms with E-state index in [0.717, 1.165) is 0 Å². The third-order valence-electron chi connectivity index (χ3n) is 3.24. The Kier molecular flexibility index (Phi) is 3.62. The average Bonchev–Trinajstić information content (AvgIpc) is 2.13. The quantitative estimate of drug-likeness (QED) is 0.845. The molecule has 0 spiro atoms. The third kappa shape index (κ3) is 2.83. The number of benzene rings is 1. The summed E-state index contributed by atoms with van der Waals surface area (Å²) in [5.74, 6) is 0. The van der Waals surface area contributed by atoms with Gasteiger partial charge in [-0.3, -0.25) is 0 Å². The first-order valence-corrected chi connectivity index (χ1v) is 6.10. The summed E-state index contributed by atoms with van der Waals surface area (Å²) in [4.78, 5) is 0. The van der Waals surface area contributed by atoms with Crippen LogP contribution in [0.4, 0.5) is 0 Å². The Labute approximate surface area is 97.8 Å². The molecule has 0 heterocycles. The number of hydrogen-bond acceptors (Lipinski definition) is 2. The molecule has 0 radical (unpaired) electrons. The van der Waals surface area contributed by atoms with Gasteiger partial charge in [0.15, 0.2) is 0 Å². The van der Waals surface area contributed by atoms with Crippen LogP contribution in [0.2, 0.25) is 0 Å². The summed E-state index contributed by atoms with van der Waals surface area (Å²) in [5, 5.41) is 0. The summed E-state index contributed by atoms with van der Waals surface area (Å²) in [6.45, 7) is 4.86. The fourth-order valence-electron chi connectivity index (χ4n) is 2.10. The topological polar surface area (TPSA) is 35.2 Å². The van der Waals surface area contributed by atoms with Crippen LogP contribution in [0.15, 0.2) is 18.2 Å². The van der Waals surface area contributed by atoms with Crippen molar-refractivity contribution >= 4 is 0 Å². The van der Waals surface area contributed by atoms with Crippen molar-refractivity contribution < 1.29 is 4.74 Å². The van der Waals surface area contributed by atoms with Crippen molar-refractivity contribution in [1.82, 2.24) is 0 Å². The van der Waals surface area contributed by atoms with Crippen molar-refractivity contribution in [3.05, 3.63) is 34.9 Å². The average molecular weight is 219 g/mol. The molecule has 2 rings (SSSR count). The maximum atomic E-state index is 6.13.